The Balaban J connectivity index is 0.00000100. The van der Waals surface area contributed by atoms with Crippen LogP contribution in [-0.2, 0) is 16.7 Å². The predicted octanol–water partition coefficient (Wildman–Crippen LogP) is 11.1. The first kappa shape index (κ1) is 40.0. The fourth-order valence-corrected chi connectivity index (χ4v) is 5.11. The maximum absolute atomic E-state index is 11.2. The molecule has 0 atom stereocenters. The second-order valence-electron chi connectivity index (χ2n) is 12.1. The van der Waals surface area contributed by atoms with Gasteiger partial charge in [0.25, 0.3) is 0 Å². The molecule has 240 valence electrons. The number of carbonyl (C=O) groups is 1. The van der Waals surface area contributed by atoms with Crippen LogP contribution in [0.1, 0.15) is 158 Å². The van der Waals surface area contributed by atoms with Gasteiger partial charge in [0.15, 0.2) is 0 Å². The normalized spacial score (nSPS) is 10.9. The molecule has 2 aromatic rings. The van der Waals surface area contributed by atoms with Crippen molar-refractivity contribution in [1.29, 1.82) is 0 Å². The lowest BCUT2D eigenvalue weighted by Gasteiger charge is -2.23. The lowest BCUT2D eigenvalue weighted by Crippen LogP contribution is -2.30. The SMILES string of the molecule is CCCCCCCCCCCCCCCCCCc1ccccc1C(C)(C)N.CCCOC(=O)c1ccc(O)cc1.Cl. The minimum Gasteiger partial charge on any atom is -0.508 e. The third-order valence-corrected chi connectivity index (χ3v) is 7.55. The van der Waals surface area contributed by atoms with Crippen LogP contribution in [0.5, 0.6) is 5.75 Å². The van der Waals surface area contributed by atoms with Crippen molar-refractivity contribution in [1.82, 2.24) is 0 Å². The highest BCUT2D eigenvalue weighted by Crippen LogP contribution is 2.23. The van der Waals surface area contributed by atoms with Crippen molar-refractivity contribution in [3.8, 4) is 5.75 Å². The molecule has 0 saturated carbocycles. The Morgan fingerprint density at radius 1 is 0.690 bits per heavy atom. The molecule has 0 aliphatic carbocycles. The minimum absolute atomic E-state index is 0. The van der Waals surface area contributed by atoms with Crippen LogP contribution in [0.25, 0.3) is 0 Å². The Morgan fingerprint density at radius 2 is 1.14 bits per heavy atom. The summed E-state index contributed by atoms with van der Waals surface area (Å²) in [6.07, 6.45) is 24.8. The Labute approximate surface area is 264 Å². The van der Waals surface area contributed by atoms with E-state index in [4.69, 9.17) is 15.6 Å². The van der Waals surface area contributed by atoms with E-state index in [1.165, 1.54) is 145 Å². The number of ether oxygens (including phenoxy) is 1. The van der Waals surface area contributed by atoms with Crippen LogP contribution in [0.15, 0.2) is 48.5 Å². The molecule has 3 N–H and O–H groups in total. The zero-order chi connectivity index (χ0) is 30.2. The molecule has 0 spiro atoms. The maximum atomic E-state index is 11.2. The third-order valence-electron chi connectivity index (χ3n) is 7.55. The van der Waals surface area contributed by atoms with E-state index >= 15 is 0 Å². The number of carbonyl (C=O) groups excluding carboxylic acids is 1. The van der Waals surface area contributed by atoms with Crippen molar-refractivity contribution in [3.05, 3.63) is 65.2 Å². The summed E-state index contributed by atoms with van der Waals surface area (Å²) in [5, 5.41) is 8.96. The van der Waals surface area contributed by atoms with Gasteiger partial charge >= 0.3 is 5.97 Å². The highest BCUT2D eigenvalue weighted by atomic mass is 35.5. The molecule has 0 bridgehead atoms. The number of aryl methyl sites for hydroxylation is 1. The second-order valence-corrected chi connectivity index (χ2v) is 12.1. The van der Waals surface area contributed by atoms with Crippen molar-refractivity contribution in [3.63, 3.8) is 0 Å². The fraction of sp³-hybridized carbons (Fsp3) is 0.649. The molecule has 0 aromatic heterocycles. The predicted molar refractivity (Wildman–Crippen MR) is 183 cm³/mol. The van der Waals surface area contributed by atoms with E-state index < -0.39 is 0 Å². The number of rotatable bonds is 21. The van der Waals surface area contributed by atoms with Crippen LogP contribution in [0.3, 0.4) is 0 Å². The van der Waals surface area contributed by atoms with Gasteiger partial charge in [-0.15, -0.1) is 12.4 Å². The molecule has 2 rings (SSSR count). The first-order valence-corrected chi connectivity index (χ1v) is 16.6. The number of aromatic hydroxyl groups is 1. The summed E-state index contributed by atoms with van der Waals surface area (Å²) in [6.45, 7) is 8.88. The number of halogens is 1. The molecule has 2 aromatic carbocycles. The summed E-state index contributed by atoms with van der Waals surface area (Å²) in [6, 6.07) is 14.7. The van der Waals surface area contributed by atoms with Crippen LogP contribution in [0, 0.1) is 0 Å². The van der Waals surface area contributed by atoms with Crippen molar-refractivity contribution < 1.29 is 14.6 Å². The molecule has 5 heteroatoms. The number of benzene rings is 2. The molecule has 0 radical (unpaired) electrons. The van der Waals surface area contributed by atoms with Gasteiger partial charge in [-0.3, -0.25) is 0 Å². The molecule has 0 aliphatic rings. The average Bonchev–Trinajstić information content (AvgIpc) is 2.96. The number of phenolic OH excluding ortho intramolecular Hbond substituents is 1. The van der Waals surface area contributed by atoms with E-state index in [2.05, 4.69) is 45.0 Å². The number of unbranched alkanes of at least 4 members (excludes halogenated alkanes) is 15. The second kappa shape index (κ2) is 25.5. The number of hydrogen-bond acceptors (Lipinski definition) is 4. The van der Waals surface area contributed by atoms with Gasteiger partial charge in [0.2, 0.25) is 0 Å². The van der Waals surface area contributed by atoms with Crippen LogP contribution in [0.2, 0.25) is 0 Å². The Morgan fingerprint density at radius 3 is 1.60 bits per heavy atom. The summed E-state index contributed by atoms with van der Waals surface area (Å²) >= 11 is 0. The summed E-state index contributed by atoms with van der Waals surface area (Å²) in [5.74, 6) is -0.200. The van der Waals surface area contributed by atoms with Crippen molar-refractivity contribution in [2.45, 2.75) is 149 Å². The number of nitrogens with two attached hydrogens (primary N) is 1. The smallest absolute Gasteiger partial charge is 0.338 e. The Bertz CT molecular complexity index is 908. The molecule has 42 heavy (non-hydrogen) atoms. The minimum atomic E-state index is -0.346. The molecular formula is C37H62ClNO3. The molecule has 0 aliphatic heterocycles. The zero-order valence-corrected chi connectivity index (χ0v) is 28.1. The van der Waals surface area contributed by atoms with Gasteiger partial charge in [-0.2, -0.15) is 0 Å². The van der Waals surface area contributed by atoms with Gasteiger partial charge in [-0.05, 0) is 68.5 Å². The summed E-state index contributed by atoms with van der Waals surface area (Å²) in [7, 11) is 0. The molecule has 0 fully saturated rings. The summed E-state index contributed by atoms with van der Waals surface area (Å²) in [4.78, 5) is 11.2. The van der Waals surface area contributed by atoms with Gasteiger partial charge in [0.1, 0.15) is 5.75 Å². The number of hydrogen-bond donors (Lipinski definition) is 2. The van der Waals surface area contributed by atoms with Gasteiger partial charge < -0.3 is 15.6 Å². The maximum Gasteiger partial charge on any atom is 0.338 e. The zero-order valence-electron chi connectivity index (χ0n) is 27.3. The van der Waals surface area contributed by atoms with Gasteiger partial charge in [-0.25, -0.2) is 4.79 Å². The summed E-state index contributed by atoms with van der Waals surface area (Å²) in [5.41, 5.74) is 9.31. The van der Waals surface area contributed by atoms with E-state index in [0.29, 0.717) is 12.2 Å². The van der Waals surface area contributed by atoms with E-state index in [-0.39, 0.29) is 29.7 Å². The topological polar surface area (TPSA) is 72.5 Å². The Hall–Kier alpha value is -2.04. The van der Waals surface area contributed by atoms with Gasteiger partial charge in [0.05, 0.1) is 12.2 Å². The quantitative estimate of drug-likeness (QED) is 0.110. The standard InChI is InChI=1S/C27H49N.C10H12O3.ClH/c1-4-5-6-7-8-9-10-11-12-13-14-15-16-17-18-19-22-25-23-20-21-24-26(25)27(2,3)28;1-2-7-13-10(12)8-3-5-9(11)6-4-8;/h20-21,23-24H,4-19,22,28H2,1-3H3;3-6,11H,2,7H2,1H3;1H. The molecular weight excluding hydrogens is 542 g/mol. The largest absolute Gasteiger partial charge is 0.508 e. The van der Waals surface area contributed by atoms with E-state index in [0.717, 1.165) is 6.42 Å². The van der Waals surface area contributed by atoms with Gasteiger partial charge in [-0.1, -0.05) is 134 Å². The first-order valence-electron chi connectivity index (χ1n) is 16.6. The fourth-order valence-electron chi connectivity index (χ4n) is 5.11. The average molecular weight is 604 g/mol. The summed E-state index contributed by atoms with van der Waals surface area (Å²) < 4.78 is 4.90. The van der Waals surface area contributed by atoms with Crippen LogP contribution in [0.4, 0.5) is 0 Å². The molecule has 4 nitrogen and oxygen atoms in total. The highest BCUT2D eigenvalue weighted by Gasteiger charge is 2.17. The van der Waals surface area contributed by atoms with Crippen LogP contribution >= 0.6 is 12.4 Å². The number of esters is 1. The van der Waals surface area contributed by atoms with E-state index in [1.54, 1.807) is 0 Å². The Kier molecular flexibility index (Phi) is 24.2. The van der Waals surface area contributed by atoms with Crippen molar-refractivity contribution in [2.24, 2.45) is 5.73 Å². The van der Waals surface area contributed by atoms with E-state index in [9.17, 15) is 4.79 Å². The van der Waals surface area contributed by atoms with Crippen molar-refractivity contribution >= 4 is 18.4 Å². The van der Waals surface area contributed by atoms with Crippen LogP contribution < -0.4 is 5.73 Å². The lowest BCUT2D eigenvalue weighted by molar-refractivity contribution is 0.0505. The third kappa shape index (κ3) is 20.0. The van der Waals surface area contributed by atoms with Crippen LogP contribution in [-0.4, -0.2) is 17.7 Å². The lowest BCUT2D eigenvalue weighted by atomic mass is 9.89. The molecule has 0 unspecified atom stereocenters. The highest BCUT2D eigenvalue weighted by molar-refractivity contribution is 5.89. The monoisotopic (exact) mass is 603 g/mol. The molecule has 0 heterocycles. The molecule has 0 amide bonds. The van der Waals surface area contributed by atoms with Gasteiger partial charge in [0, 0.05) is 5.54 Å². The number of phenols is 1. The molecule has 0 saturated heterocycles. The first-order chi connectivity index (χ1) is 19.8. The van der Waals surface area contributed by atoms with E-state index in [1.807, 2.05) is 6.92 Å². The van der Waals surface area contributed by atoms with Crippen molar-refractivity contribution in [2.75, 3.05) is 6.61 Å².